The summed E-state index contributed by atoms with van der Waals surface area (Å²) in [5.74, 6) is -2.19. The third-order valence-electron chi connectivity index (χ3n) is 18.9. The third kappa shape index (κ3) is 58.5. The molecule has 0 saturated carbocycles. The third-order valence-corrected chi connectivity index (χ3v) is 19.5. The van der Waals surface area contributed by atoms with Crippen LogP contribution in [0.5, 0.6) is 0 Å². The van der Waals surface area contributed by atoms with Crippen molar-refractivity contribution in [3.8, 4) is 0 Å². The quantitative estimate of drug-likeness (QED) is 0.00436. The summed E-state index contributed by atoms with van der Waals surface area (Å²) in [5, 5.41) is 46.1. The molecule has 0 bridgehead atoms. The number of hydrogen-bond acceptors (Lipinski definition) is 25. The van der Waals surface area contributed by atoms with E-state index in [2.05, 4.69) is 79.8 Å². The van der Waals surface area contributed by atoms with Gasteiger partial charge in [-0.3, -0.25) is 14.4 Å². The van der Waals surface area contributed by atoms with Gasteiger partial charge in [-0.15, -0.1) is 0 Å². The highest BCUT2D eigenvalue weighted by molar-refractivity contribution is 7.10. The van der Waals surface area contributed by atoms with Crippen molar-refractivity contribution in [3.63, 3.8) is 0 Å². The van der Waals surface area contributed by atoms with E-state index in [4.69, 9.17) is 83.6 Å². The van der Waals surface area contributed by atoms with Gasteiger partial charge in [-0.25, -0.2) is 19.2 Å². The number of carbonyl (C=O) groups excluding carboxylic acids is 6. The lowest BCUT2D eigenvalue weighted by atomic mass is 10.0. The molecular formula is C92H146N13O22P3. The molecule has 4 aliphatic heterocycles. The normalized spacial score (nSPS) is 17.4. The van der Waals surface area contributed by atoms with Crippen LogP contribution in [0.15, 0.2) is 174 Å². The molecule has 130 heavy (non-hydrogen) atoms. The number of nitrogens with two attached hydrogens (primary N) is 1. The first-order valence-corrected chi connectivity index (χ1v) is 44.7. The average molecular weight is 1880 g/mol. The molecule has 38 heteroatoms. The zero-order valence-electron chi connectivity index (χ0n) is 75.1. The Kier molecular flexibility index (Phi) is 68.0. The molecule has 4 aliphatic rings. The maximum Gasteiger partial charge on any atom is 0.408 e. The summed E-state index contributed by atoms with van der Waals surface area (Å²) in [7, 11) is 6.71. The second-order valence-electron chi connectivity index (χ2n) is 31.3. The van der Waals surface area contributed by atoms with E-state index in [1.54, 1.807) is 6.26 Å². The van der Waals surface area contributed by atoms with Gasteiger partial charge in [0, 0.05) is 63.5 Å². The first-order chi connectivity index (χ1) is 61.8. The number of amides is 5. The standard InChI is InChI=1S/C38H48N4O7.C15H25N2O3P.C14H19NO4.C10H20N3O3P.C6H11O2P.C4H9N3O.C3H6O2.2CH4/c1-27(2)20-33(40-37(46)48-25-30-16-10-6-11-17-30)35(44)39-22-32(43)24-42(23-29-14-8-5-9-15-29)36(45)34(21-28(3)4)41-38(47)49-26-31-18-12-7-13-19-31;16-9-14(10-17-12-5-2-1-3-6-12)20-15-8-4-7-13(19-15)11-18-21;1-10(2)8-12(13(16)17)15-14(18)19-9-11-6-4-3-5-7-11;1-2-8(6-12-13-11)15-10-5-3-4-9(16-10)7-14-17;9-8-5-6-3-1-2-4-7-6;1-2-4(8)3-6-7-5;4-1-3-2-5-3;;/h5-19,27-28,33-34H,20-26H2,1-4H3,(H,39,44)(H,40,46)(H,41,47);1-3,5-6,13-15,17H,4,7-11,16,21H2;3-7,10,12H,8-9H2,1-2H3,(H,15,18)(H,16,17);8-10H,2-7,17H2,1H3;2,4,6H,1,3,5,9H2;4,8H,2-3H2,1H3;3-4H,1-2H2;2*1H4/t33-,34-;;12-;;;;;;/m0.0....../s1. The Morgan fingerprint density at radius 2 is 0.985 bits per heavy atom. The smallest absolute Gasteiger partial charge is 0.408 e. The highest BCUT2D eigenvalue weighted by Gasteiger charge is 2.32. The van der Waals surface area contributed by atoms with Gasteiger partial charge in [0.15, 0.2) is 18.4 Å². The van der Waals surface area contributed by atoms with E-state index in [0.717, 1.165) is 92.3 Å². The van der Waals surface area contributed by atoms with Crippen molar-refractivity contribution in [1.82, 2.24) is 26.2 Å². The van der Waals surface area contributed by atoms with Crippen LogP contribution in [0.1, 0.15) is 176 Å². The number of nitrogens with zero attached hydrogens (tertiary/aromatic N) is 7. The van der Waals surface area contributed by atoms with Gasteiger partial charge in [-0.1, -0.05) is 220 Å². The van der Waals surface area contributed by atoms with E-state index >= 15 is 0 Å². The second kappa shape index (κ2) is 74.4. The van der Waals surface area contributed by atoms with Gasteiger partial charge in [-0.2, -0.15) is 0 Å². The minimum Gasteiger partial charge on any atom is -0.496 e. The van der Waals surface area contributed by atoms with Crippen molar-refractivity contribution in [2.24, 2.45) is 33.7 Å². The number of ketones is 1. The van der Waals surface area contributed by atoms with Crippen LogP contribution in [0.25, 0.3) is 20.9 Å². The van der Waals surface area contributed by atoms with E-state index in [1.807, 2.05) is 213 Å². The fraction of sp³-hybridized carbons (Fsp3) is 0.576. The molecule has 5 aromatic carbocycles. The summed E-state index contributed by atoms with van der Waals surface area (Å²) < 4.78 is 63.7. The number of hydrogen-bond donors (Lipinski definition) is 9. The number of alkyl carbamates (subject to hydrolysis) is 3. The van der Waals surface area contributed by atoms with Crippen molar-refractivity contribution in [1.29, 1.82) is 0 Å². The van der Waals surface area contributed by atoms with Crippen LogP contribution in [0.3, 0.4) is 0 Å². The largest absolute Gasteiger partial charge is 0.496 e. The summed E-state index contributed by atoms with van der Waals surface area (Å²) in [5.41, 5.74) is 26.2. The Hall–Kier alpha value is -9.20. The number of azide groups is 2. The molecule has 10 N–H and O–H groups in total. The number of nitrogens with one attached hydrogen (secondary N) is 5. The van der Waals surface area contributed by atoms with Crippen molar-refractivity contribution in [2.75, 3.05) is 77.6 Å². The predicted molar refractivity (Wildman–Crippen MR) is 510 cm³/mol. The number of Topliss-reactive ketones (excluding diaryl/α,β-unsaturated/α-hetero) is 1. The number of benzene rings is 5. The first kappa shape index (κ1) is 119. The van der Waals surface area contributed by atoms with Crippen molar-refractivity contribution in [2.45, 2.75) is 254 Å². The number of rotatable bonds is 45. The van der Waals surface area contributed by atoms with E-state index in [9.17, 15) is 33.6 Å². The van der Waals surface area contributed by atoms with Crippen LogP contribution < -0.4 is 32.3 Å². The number of aliphatic carboxylic acids is 1. The van der Waals surface area contributed by atoms with Crippen LogP contribution in [0.2, 0.25) is 0 Å². The number of anilines is 1. The fourth-order valence-corrected chi connectivity index (χ4v) is 12.7. The number of carbonyl (C=O) groups is 7. The predicted octanol–water partition coefficient (Wildman–Crippen LogP) is 15.9. The van der Waals surface area contributed by atoms with E-state index < -0.39 is 66.1 Å². The molecule has 5 amide bonds. The number of aliphatic hydroxyl groups excluding tert-OH is 2. The van der Waals surface area contributed by atoms with Gasteiger partial charge in [-0.05, 0) is 153 Å². The molecule has 12 unspecified atom stereocenters. The molecule has 0 spiro atoms. The lowest BCUT2D eigenvalue weighted by Crippen LogP contribution is -2.52. The van der Waals surface area contributed by atoms with Crippen LogP contribution >= 0.6 is 28.4 Å². The van der Waals surface area contributed by atoms with Crippen LogP contribution in [0.4, 0.5) is 20.1 Å². The highest BCUT2D eigenvalue weighted by Crippen LogP contribution is 2.25. The van der Waals surface area contributed by atoms with E-state index in [1.165, 1.54) is 4.90 Å². The molecule has 35 nitrogen and oxygen atoms in total. The van der Waals surface area contributed by atoms with Crippen LogP contribution in [-0.4, -0.2) is 208 Å². The lowest BCUT2D eigenvalue weighted by molar-refractivity contribution is -0.217. The minimum absolute atomic E-state index is 0. The average Bonchev–Trinajstić information content (AvgIpc) is 1.31. The SMILES string of the molecule is C.C.CC(C)C[C@H](NC(=O)OCc1ccccc1)C(=O)NCC(=O)CN(Cc1ccccc1)C(=O)[C@H](CC(C)C)NC(=O)OCc1ccccc1.CC(C)C[C@H](NC(=O)OCc1ccccc1)C(=O)O.CCC(CN=[N+]=[N-])OC1CCCC(COP)O1.CCC(O)CN=[N+]=[N-].NCC(CNc1ccccc1)OC1CCCC(COP)O1.OCC1CO1.POCC1CCC=CO1. The van der Waals surface area contributed by atoms with Gasteiger partial charge in [0.25, 0.3) is 0 Å². The molecule has 5 aromatic rings. The summed E-state index contributed by atoms with van der Waals surface area (Å²) in [6, 6.07) is 44.0. The monoisotopic (exact) mass is 1880 g/mol. The van der Waals surface area contributed by atoms with Crippen molar-refractivity contribution in [3.05, 3.63) is 207 Å². The molecule has 3 saturated heterocycles. The second-order valence-corrected chi connectivity index (χ2v) is 32.3. The molecular weight excluding hydrogens is 1730 g/mol. The number of allylic oxidation sites excluding steroid dienone is 1. The number of carboxylic acid groups (broad SMARTS) is 1. The Labute approximate surface area is 775 Å². The maximum atomic E-state index is 13.9. The molecule has 15 atom stereocenters. The van der Waals surface area contributed by atoms with Gasteiger partial charge in [0.1, 0.15) is 50.2 Å². The number of epoxide rings is 1. The van der Waals surface area contributed by atoms with Crippen LogP contribution in [-0.2, 0) is 102 Å². The lowest BCUT2D eigenvalue weighted by Gasteiger charge is -2.32. The number of aliphatic hydroxyl groups is 2. The Bertz CT molecular complexity index is 3930. The van der Waals surface area contributed by atoms with Crippen LogP contribution in [0, 0.1) is 17.8 Å². The summed E-state index contributed by atoms with van der Waals surface area (Å²) in [6.07, 6.45) is 11.9. The van der Waals surface area contributed by atoms with Gasteiger partial charge in [0.05, 0.1) is 96.0 Å². The van der Waals surface area contributed by atoms with Crippen molar-refractivity contribution >= 4 is 75.9 Å². The Balaban J connectivity index is 0.000000861. The Morgan fingerprint density at radius 1 is 0.562 bits per heavy atom. The van der Waals surface area contributed by atoms with Gasteiger partial charge in [0.2, 0.25) is 11.8 Å². The summed E-state index contributed by atoms with van der Waals surface area (Å²) in [6.45, 7) is 19.4. The number of para-hydroxylation sites is 1. The van der Waals surface area contributed by atoms with E-state index in [0.29, 0.717) is 65.1 Å². The summed E-state index contributed by atoms with van der Waals surface area (Å²) in [4.78, 5) is 94.7. The van der Waals surface area contributed by atoms with Gasteiger partial charge < -0.3 is 109 Å². The first-order valence-electron chi connectivity index (χ1n) is 43.3. The topological polar surface area (TPSA) is 481 Å². The fourth-order valence-electron chi connectivity index (χ4n) is 12.1. The zero-order valence-corrected chi connectivity index (χ0v) is 78.6. The number of ether oxygens (including phenoxy) is 9. The molecule has 9 rings (SSSR count). The highest BCUT2D eigenvalue weighted by atomic mass is 31.0. The summed E-state index contributed by atoms with van der Waals surface area (Å²) >= 11 is 0. The maximum absolute atomic E-state index is 13.9. The van der Waals surface area contributed by atoms with Crippen molar-refractivity contribution < 1.29 is 105 Å². The molecule has 0 radical (unpaired) electrons. The number of carboxylic acids is 1. The minimum atomic E-state index is -1.05. The molecule has 3 fully saturated rings. The Morgan fingerprint density at radius 3 is 1.38 bits per heavy atom. The zero-order chi connectivity index (χ0) is 93.9. The van der Waals surface area contributed by atoms with Gasteiger partial charge >= 0.3 is 24.2 Å². The molecule has 0 aromatic heterocycles. The molecule has 726 valence electrons. The van der Waals surface area contributed by atoms with E-state index in [-0.39, 0.29) is 134 Å². The molecule has 0 aliphatic carbocycles. The molecule has 4 heterocycles.